The molecule has 3 aromatic heterocycles. The number of aromatic nitrogens is 4. The fraction of sp³-hybridized carbons (Fsp3) is 0.333. The van der Waals surface area contributed by atoms with Gasteiger partial charge < -0.3 is 5.32 Å². The van der Waals surface area contributed by atoms with Crippen LogP contribution in [-0.2, 0) is 11.2 Å². The topological polar surface area (TPSA) is 81.3 Å². The van der Waals surface area contributed by atoms with Crippen molar-refractivity contribution < 1.29 is 9.18 Å². The van der Waals surface area contributed by atoms with Crippen molar-refractivity contribution in [3.8, 4) is 16.9 Å². The first kappa shape index (κ1) is 22.8. The standard InChI is InChI=1S/C24H26FN5O2S/c1-4-5-6-11-26-21(31)13-19-14-33-24-27-16(3)22(23(32)29(19)24)20-12-15(2)30(28-20)18-9-7-17(25)8-10-18/h7-10,12,14H,4-6,11,13H2,1-3H3,(H,26,31). The van der Waals surface area contributed by atoms with Crippen molar-refractivity contribution in [1.82, 2.24) is 24.5 Å². The molecule has 1 aromatic carbocycles. The molecule has 3 heterocycles. The second-order valence-electron chi connectivity index (χ2n) is 8.02. The zero-order valence-corrected chi connectivity index (χ0v) is 19.7. The van der Waals surface area contributed by atoms with E-state index in [0.29, 0.717) is 39.8 Å². The van der Waals surface area contributed by atoms with Gasteiger partial charge in [0, 0.05) is 23.3 Å². The lowest BCUT2D eigenvalue weighted by molar-refractivity contribution is -0.120. The molecule has 0 fully saturated rings. The van der Waals surface area contributed by atoms with E-state index in [9.17, 15) is 14.0 Å². The number of benzene rings is 1. The van der Waals surface area contributed by atoms with Gasteiger partial charge in [0.25, 0.3) is 5.56 Å². The van der Waals surface area contributed by atoms with Crippen molar-refractivity contribution in [1.29, 1.82) is 0 Å². The van der Waals surface area contributed by atoms with Gasteiger partial charge in [0.2, 0.25) is 5.91 Å². The lowest BCUT2D eigenvalue weighted by Gasteiger charge is -2.07. The van der Waals surface area contributed by atoms with Gasteiger partial charge in [-0.15, -0.1) is 11.3 Å². The number of rotatable bonds is 8. The number of carbonyl (C=O) groups is 1. The highest BCUT2D eigenvalue weighted by molar-refractivity contribution is 7.15. The molecule has 9 heteroatoms. The van der Waals surface area contributed by atoms with E-state index in [-0.39, 0.29) is 23.7 Å². The van der Waals surface area contributed by atoms with Gasteiger partial charge in [0.15, 0.2) is 4.96 Å². The number of hydrogen-bond acceptors (Lipinski definition) is 5. The Morgan fingerprint density at radius 2 is 1.94 bits per heavy atom. The number of fused-ring (bicyclic) bond motifs is 1. The van der Waals surface area contributed by atoms with E-state index in [1.807, 2.05) is 13.0 Å². The smallest absolute Gasteiger partial charge is 0.268 e. The first-order valence-electron chi connectivity index (χ1n) is 11.0. The van der Waals surface area contributed by atoms with Crippen LogP contribution in [0.2, 0.25) is 0 Å². The Morgan fingerprint density at radius 1 is 1.18 bits per heavy atom. The second-order valence-corrected chi connectivity index (χ2v) is 8.85. The summed E-state index contributed by atoms with van der Waals surface area (Å²) in [6.45, 7) is 6.40. The van der Waals surface area contributed by atoms with E-state index in [1.54, 1.807) is 29.1 Å². The molecule has 0 aliphatic carbocycles. The Balaban J connectivity index is 1.69. The summed E-state index contributed by atoms with van der Waals surface area (Å²) in [6, 6.07) is 7.82. The largest absolute Gasteiger partial charge is 0.356 e. The van der Waals surface area contributed by atoms with E-state index >= 15 is 0 Å². The molecule has 7 nitrogen and oxygen atoms in total. The number of thiazole rings is 1. The van der Waals surface area contributed by atoms with Gasteiger partial charge in [-0.2, -0.15) is 5.10 Å². The van der Waals surface area contributed by atoms with Crippen LogP contribution < -0.4 is 10.9 Å². The maximum atomic E-state index is 13.5. The summed E-state index contributed by atoms with van der Waals surface area (Å²) >= 11 is 1.34. The molecule has 0 spiro atoms. The molecule has 4 aromatic rings. The van der Waals surface area contributed by atoms with Crippen molar-refractivity contribution in [2.45, 2.75) is 46.5 Å². The van der Waals surface area contributed by atoms with Gasteiger partial charge in [0.1, 0.15) is 11.5 Å². The molecule has 0 bridgehead atoms. The second kappa shape index (κ2) is 9.66. The highest BCUT2D eigenvalue weighted by Gasteiger charge is 2.20. The van der Waals surface area contributed by atoms with E-state index < -0.39 is 0 Å². The van der Waals surface area contributed by atoms with Gasteiger partial charge in [-0.25, -0.2) is 14.1 Å². The molecular weight excluding hydrogens is 441 g/mol. The minimum Gasteiger partial charge on any atom is -0.356 e. The van der Waals surface area contributed by atoms with Crippen LogP contribution in [0.1, 0.15) is 43.3 Å². The van der Waals surface area contributed by atoms with E-state index in [2.05, 4.69) is 22.3 Å². The number of halogens is 1. The van der Waals surface area contributed by atoms with E-state index in [0.717, 1.165) is 25.0 Å². The van der Waals surface area contributed by atoms with E-state index in [4.69, 9.17) is 0 Å². The Bertz CT molecular complexity index is 1350. The molecule has 0 unspecified atom stereocenters. The summed E-state index contributed by atoms with van der Waals surface area (Å²) in [6.07, 6.45) is 3.20. The van der Waals surface area contributed by atoms with Gasteiger partial charge in [0.05, 0.1) is 23.4 Å². The third-order valence-corrected chi connectivity index (χ3v) is 6.35. The number of hydrogen-bond donors (Lipinski definition) is 1. The molecule has 0 aliphatic heterocycles. The molecule has 0 saturated heterocycles. The molecule has 1 N–H and O–H groups in total. The highest BCUT2D eigenvalue weighted by atomic mass is 32.1. The minimum absolute atomic E-state index is 0.110. The lowest BCUT2D eigenvalue weighted by atomic mass is 10.1. The molecule has 0 radical (unpaired) electrons. The summed E-state index contributed by atoms with van der Waals surface area (Å²) in [5, 5.41) is 9.33. The van der Waals surface area contributed by atoms with Crippen LogP contribution >= 0.6 is 11.3 Å². The molecular formula is C24H26FN5O2S. The molecule has 172 valence electrons. The predicted octanol–water partition coefficient (Wildman–Crippen LogP) is 4.21. The van der Waals surface area contributed by atoms with Crippen LogP contribution in [-0.4, -0.2) is 31.6 Å². The van der Waals surface area contributed by atoms with Crippen molar-refractivity contribution in [3.63, 3.8) is 0 Å². The fourth-order valence-corrected chi connectivity index (χ4v) is 4.72. The predicted molar refractivity (Wildman–Crippen MR) is 128 cm³/mol. The fourth-order valence-electron chi connectivity index (χ4n) is 3.79. The zero-order chi connectivity index (χ0) is 23.5. The number of amides is 1. The summed E-state index contributed by atoms with van der Waals surface area (Å²) in [4.78, 5) is 31.1. The number of nitrogens with zero attached hydrogens (tertiary/aromatic N) is 4. The maximum Gasteiger partial charge on any atom is 0.268 e. The van der Waals surface area contributed by atoms with Crippen LogP contribution in [0.5, 0.6) is 0 Å². The number of nitrogens with one attached hydrogen (secondary N) is 1. The molecule has 0 atom stereocenters. The van der Waals surface area contributed by atoms with Crippen LogP contribution in [0.3, 0.4) is 0 Å². The molecule has 0 aliphatic rings. The average Bonchev–Trinajstić information content (AvgIpc) is 3.35. The van der Waals surface area contributed by atoms with Gasteiger partial charge in [-0.05, 0) is 50.6 Å². The zero-order valence-electron chi connectivity index (χ0n) is 18.9. The summed E-state index contributed by atoms with van der Waals surface area (Å²) < 4.78 is 16.5. The van der Waals surface area contributed by atoms with Crippen molar-refractivity contribution in [2.75, 3.05) is 6.54 Å². The Hall–Kier alpha value is -3.33. The Labute approximate surface area is 194 Å². The lowest BCUT2D eigenvalue weighted by Crippen LogP contribution is -2.28. The van der Waals surface area contributed by atoms with Crippen molar-refractivity contribution >= 4 is 22.2 Å². The van der Waals surface area contributed by atoms with Gasteiger partial charge >= 0.3 is 0 Å². The van der Waals surface area contributed by atoms with Crippen LogP contribution in [0.15, 0.2) is 40.5 Å². The summed E-state index contributed by atoms with van der Waals surface area (Å²) in [5.41, 5.74) is 3.30. The monoisotopic (exact) mass is 467 g/mol. The first-order chi connectivity index (χ1) is 15.9. The molecule has 1 amide bonds. The summed E-state index contributed by atoms with van der Waals surface area (Å²) in [7, 11) is 0. The first-order valence-corrected chi connectivity index (χ1v) is 11.9. The van der Waals surface area contributed by atoms with Crippen LogP contribution in [0.25, 0.3) is 21.9 Å². The average molecular weight is 468 g/mol. The SMILES string of the molecule is CCCCCNC(=O)Cc1csc2nc(C)c(-c3cc(C)n(-c4ccc(F)cc4)n3)c(=O)n12. The molecule has 33 heavy (non-hydrogen) atoms. The minimum atomic E-state index is -0.327. The van der Waals surface area contributed by atoms with Crippen molar-refractivity contribution in [2.24, 2.45) is 0 Å². The number of unbranched alkanes of at least 4 members (excludes halogenated alkanes) is 2. The number of carbonyl (C=O) groups excluding carboxylic acids is 1. The third-order valence-electron chi connectivity index (χ3n) is 5.48. The maximum absolute atomic E-state index is 13.5. The quantitative estimate of drug-likeness (QED) is 0.394. The van der Waals surface area contributed by atoms with Crippen molar-refractivity contribution in [3.05, 3.63) is 69.0 Å². The third kappa shape index (κ3) is 4.73. The van der Waals surface area contributed by atoms with Gasteiger partial charge in [-0.3, -0.25) is 14.0 Å². The Morgan fingerprint density at radius 3 is 2.67 bits per heavy atom. The molecule has 4 rings (SSSR count). The van der Waals surface area contributed by atoms with Crippen LogP contribution in [0, 0.1) is 19.7 Å². The molecule has 0 saturated carbocycles. The normalized spacial score (nSPS) is 11.3. The summed E-state index contributed by atoms with van der Waals surface area (Å²) in [5.74, 6) is -0.442. The Kier molecular flexibility index (Phi) is 6.69. The number of aryl methyl sites for hydroxylation is 2. The van der Waals surface area contributed by atoms with E-state index in [1.165, 1.54) is 27.9 Å². The van der Waals surface area contributed by atoms with Gasteiger partial charge in [-0.1, -0.05) is 19.8 Å². The van der Waals surface area contributed by atoms with Crippen LogP contribution in [0.4, 0.5) is 4.39 Å². The highest BCUT2D eigenvalue weighted by Crippen LogP contribution is 2.23.